The van der Waals surface area contributed by atoms with Gasteiger partial charge in [0, 0.05) is 47.7 Å². The molecule has 2 aromatic rings. The molecule has 0 radical (unpaired) electrons. The van der Waals surface area contributed by atoms with Crippen LogP contribution in [0.3, 0.4) is 0 Å². The average molecular weight is 601 g/mol. The minimum atomic E-state index is -3.65. The molecule has 0 fully saturated rings. The number of sulfonamides is 1. The molecule has 1 aliphatic heterocycles. The Kier molecular flexibility index (Phi) is 11.1. The number of amides is 2. The minimum absolute atomic E-state index is 0.0101. The van der Waals surface area contributed by atoms with E-state index < -0.39 is 16.1 Å². The van der Waals surface area contributed by atoms with Crippen molar-refractivity contribution in [1.82, 2.24) is 10.2 Å². The first-order chi connectivity index (χ1) is 18.6. The molecular formula is C27H35Cl2N3O6S. The van der Waals surface area contributed by atoms with Gasteiger partial charge in [-0.15, -0.1) is 0 Å². The molecule has 0 spiro atoms. The number of nitrogens with zero attached hydrogens (tertiary/aromatic N) is 2. The van der Waals surface area contributed by atoms with Gasteiger partial charge in [0.05, 0.1) is 11.9 Å². The molecule has 9 nitrogen and oxygen atoms in total. The van der Waals surface area contributed by atoms with Gasteiger partial charge in [-0.25, -0.2) is 8.42 Å². The Labute approximate surface area is 240 Å². The lowest BCUT2D eigenvalue weighted by Gasteiger charge is -2.31. The Morgan fingerprint density at radius 3 is 2.33 bits per heavy atom. The second-order valence-corrected chi connectivity index (χ2v) is 11.9. The Bertz CT molecular complexity index is 1250. The molecular weight excluding hydrogens is 565 g/mol. The van der Waals surface area contributed by atoms with E-state index in [1.807, 2.05) is 13.8 Å². The third kappa shape index (κ3) is 8.16. The fraction of sp³-hybridized carbons (Fsp3) is 0.481. The number of carbonyl (C=O) groups excluding carboxylic acids is 2. The number of hydrogen-bond acceptors (Lipinski definition) is 6. The first-order valence-corrected chi connectivity index (χ1v) is 15.5. The molecule has 1 atom stereocenters. The minimum Gasteiger partial charge on any atom is -0.486 e. The molecule has 39 heavy (non-hydrogen) atoms. The zero-order chi connectivity index (χ0) is 28.6. The van der Waals surface area contributed by atoms with Gasteiger partial charge < -0.3 is 19.7 Å². The molecule has 0 saturated carbocycles. The third-order valence-corrected chi connectivity index (χ3v) is 8.19. The quantitative estimate of drug-likeness (QED) is 0.359. The van der Waals surface area contributed by atoms with Crippen molar-refractivity contribution in [1.29, 1.82) is 0 Å². The van der Waals surface area contributed by atoms with Crippen LogP contribution < -0.4 is 19.1 Å². The molecule has 0 saturated heterocycles. The first-order valence-electron chi connectivity index (χ1n) is 12.9. The van der Waals surface area contributed by atoms with Crippen molar-refractivity contribution in [2.24, 2.45) is 0 Å². The molecule has 0 aromatic heterocycles. The van der Waals surface area contributed by atoms with Crippen molar-refractivity contribution in [2.75, 3.05) is 36.9 Å². The largest absolute Gasteiger partial charge is 0.486 e. The van der Waals surface area contributed by atoms with Crippen LogP contribution in [-0.2, 0) is 26.2 Å². The maximum absolute atomic E-state index is 13.6. The lowest BCUT2D eigenvalue weighted by molar-refractivity contribution is -0.141. The number of fused-ring (bicyclic) bond motifs is 1. The first kappa shape index (κ1) is 30.8. The molecule has 2 amide bonds. The lowest BCUT2D eigenvalue weighted by atomic mass is 10.1. The number of nitrogens with one attached hydrogen (secondary N) is 1. The number of halogens is 2. The van der Waals surface area contributed by atoms with Crippen molar-refractivity contribution in [3.05, 3.63) is 52.0 Å². The van der Waals surface area contributed by atoms with Crippen LogP contribution >= 0.6 is 23.2 Å². The van der Waals surface area contributed by atoms with Crippen molar-refractivity contribution in [2.45, 2.75) is 52.1 Å². The van der Waals surface area contributed by atoms with Crippen molar-refractivity contribution >= 4 is 50.7 Å². The van der Waals surface area contributed by atoms with Crippen LogP contribution in [0.5, 0.6) is 11.5 Å². The summed E-state index contributed by atoms with van der Waals surface area (Å²) in [5, 5.41) is 3.65. The number of carbonyl (C=O) groups is 2. The number of anilines is 1. The highest BCUT2D eigenvalue weighted by Gasteiger charge is 2.30. The van der Waals surface area contributed by atoms with Crippen LogP contribution in [0.1, 0.15) is 45.1 Å². The van der Waals surface area contributed by atoms with Gasteiger partial charge in [-0.2, -0.15) is 0 Å². The fourth-order valence-corrected chi connectivity index (χ4v) is 5.80. The van der Waals surface area contributed by atoms with Crippen LogP contribution in [-0.4, -0.2) is 63.7 Å². The second-order valence-electron chi connectivity index (χ2n) is 9.20. The highest BCUT2D eigenvalue weighted by Crippen LogP contribution is 2.35. The van der Waals surface area contributed by atoms with E-state index >= 15 is 0 Å². The van der Waals surface area contributed by atoms with Crippen LogP contribution in [0.15, 0.2) is 36.4 Å². The van der Waals surface area contributed by atoms with Crippen LogP contribution in [0.25, 0.3) is 0 Å². The molecule has 1 heterocycles. The number of ether oxygens (including phenoxy) is 2. The van der Waals surface area contributed by atoms with E-state index in [1.54, 1.807) is 36.4 Å². The molecule has 3 rings (SSSR count). The van der Waals surface area contributed by atoms with Gasteiger partial charge in [-0.1, -0.05) is 43.1 Å². The van der Waals surface area contributed by atoms with Crippen LogP contribution in [0, 0.1) is 0 Å². The predicted molar refractivity (Wildman–Crippen MR) is 153 cm³/mol. The molecule has 0 unspecified atom stereocenters. The van der Waals surface area contributed by atoms with E-state index in [9.17, 15) is 18.0 Å². The monoisotopic (exact) mass is 599 g/mol. The Morgan fingerprint density at radius 2 is 1.72 bits per heavy atom. The summed E-state index contributed by atoms with van der Waals surface area (Å²) in [5.74, 6) is 0.453. The Balaban J connectivity index is 1.80. The van der Waals surface area contributed by atoms with E-state index in [2.05, 4.69) is 5.32 Å². The number of hydrogen-bond donors (Lipinski definition) is 1. The molecule has 1 N–H and O–H groups in total. The summed E-state index contributed by atoms with van der Waals surface area (Å²) in [5.41, 5.74) is 0.962. The van der Waals surface area contributed by atoms with Gasteiger partial charge in [-0.05, 0) is 43.5 Å². The van der Waals surface area contributed by atoms with Gasteiger partial charge in [0.1, 0.15) is 19.3 Å². The number of rotatable bonds is 13. The topological polar surface area (TPSA) is 105 Å². The molecule has 12 heteroatoms. The molecule has 2 aromatic carbocycles. The SMILES string of the molecule is CCCNC(=O)[C@H](CC)N(Cc1c(Cl)cccc1Cl)C(=O)CCCN(c1ccc2c(c1)OCCO2)S(C)(=O)=O. The Morgan fingerprint density at radius 1 is 1.05 bits per heavy atom. The summed E-state index contributed by atoms with van der Waals surface area (Å²) < 4.78 is 37.7. The maximum atomic E-state index is 13.6. The normalized spacial score (nSPS) is 13.5. The van der Waals surface area contributed by atoms with E-state index in [0.29, 0.717) is 59.0 Å². The van der Waals surface area contributed by atoms with Gasteiger partial charge in [0.15, 0.2) is 11.5 Å². The highest BCUT2D eigenvalue weighted by atomic mass is 35.5. The zero-order valence-corrected chi connectivity index (χ0v) is 24.7. The molecule has 0 bridgehead atoms. The summed E-state index contributed by atoms with van der Waals surface area (Å²) >= 11 is 12.8. The summed E-state index contributed by atoms with van der Waals surface area (Å²) in [6.45, 7) is 5.18. The van der Waals surface area contributed by atoms with Crippen molar-refractivity contribution in [3.63, 3.8) is 0 Å². The number of benzene rings is 2. The highest BCUT2D eigenvalue weighted by molar-refractivity contribution is 7.92. The summed E-state index contributed by atoms with van der Waals surface area (Å²) in [6.07, 6.45) is 2.49. The van der Waals surface area contributed by atoms with E-state index in [-0.39, 0.29) is 37.7 Å². The Hall–Kier alpha value is -2.69. The standard InChI is InChI=1S/C27H35Cl2N3O6S/c1-4-13-30-27(34)23(5-2)31(18-20-21(28)8-6-9-22(20)29)26(33)10-7-14-32(39(3,35)36)19-11-12-24-25(17-19)38-16-15-37-24/h6,8-9,11-12,17,23H,4-5,7,10,13-16,18H2,1-3H3,(H,30,34)/t23-/m0/s1. The van der Waals surface area contributed by atoms with E-state index in [4.69, 9.17) is 32.7 Å². The molecule has 0 aliphatic carbocycles. The van der Waals surface area contributed by atoms with Crippen LogP contribution in [0.2, 0.25) is 10.0 Å². The predicted octanol–water partition coefficient (Wildman–Crippen LogP) is 4.64. The van der Waals surface area contributed by atoms with E-state index in [1.165, 1.54) is 9.21 Å². The molecule has 1 aliphatic rings. The smallest absolute Gasteiger partial charge is 0.242 e. The maximum Gasteiger partial charge on any atom is 0.242 e. The summed E-state index contributed by atoms with van der Waals surface area (Å²) in [4.78, 5) is 28.0. The molecule has 214 valence electrons. The third-order valence-electron chi connectivity index (χ3n) is 6.29. The van der Waals surface area contributed by atoms with Crippen molar-refractivity contribution in [3.8, 4) is 11.5 Å². The van der Waals surface area contributed by atoms with Gasteiger partial charge >= 0.3 is 0 Å². The van der Waals surface area contributed by atoms with Gasteiger partial charge in [0.25, 0.3) is 0 Å². The van der Waals surface area contributed by atoms with Crippen molar-refractivity contribution < 1.29 is 27.5 Å². The van der Waals surface area contributed by atoms with Crippen LogP contribution in [0.4, 0.5) is 5.69 Å². The zero-order valence-electron chi connectivity index (χ0n) is 22.4. The summed E-state index contributed by atoms with van der Waals surface area (Å²) in [7, 11) is -3.65. The lowest BCUT2D eigenvalue weighted by Crippen LogP contribution is -2.49. The van der Waals surface area contributed by atoms with Gasteiger partial charge in [0.2, 0.25) is 21.8 Å². The second kappa shape index (κ2) is 14.1. The van der Waals surface area contributed by atoms with Gasteiger partial charge in [-0.3, -0.25) is 13.9 Å². The summed E-state index contributed by atoms with van der Waals surface area (Å²) in [6, 6.07) is 9.27. The average Bonchev–Trinajstić information content (AvgIpc) is 2.90. The van der Waals surface area contributed by atoms with E-state index in [0.717, 1.165) is 12.7 Å². The fourth-order valence-electron chi connectivity index (χ4n) is 4.33.